The van der Waals surface area contributed by atoms with Crippen LogP contribution in [0, 0.1) is 0 Å². The summed E-state index contributed by atoms with van der Waals surface area (Å²) in [6.07, 6.45) is 0. The van der Waals surface area contributed by atoms with Crippen LogP contribution in [0.2, 0.25) is 0 Å². The number of ether oxygens (including phenoxy) is 1. The molecule has 0 saturated carbocycles. The maximum atomic E-state index is 12.4. The molecule has 0 unspecified atom stereocenters. The maximum absolute atomic E-state index is 12.4. The maximum Gasteiger partial charge on any atom is 0.341 e. The van der Waals surface area contributed by atoms with E-state index in [1.807, 2.05) is 35.7 Å². The standard InChI is InChI=1S/C18H14BrNO4S/c1-2-23-18(22)15-12(11-6-4-3-5-7-11)10-25-17(15)20-16(21)13-8-9-14(19)24-13/h3-10H,2H2,1H3,(H,20,21). The molecular formula is C18H14BrNO4S. The van der Waals surface area contributed by atoms with E-state index in [9.17, 15) is 9.59 Å². The molecule has 0 bridgehead atoms. The largest absolute Gasteiger partial charge is 0.462 e. The van der Waals surface area contributed by atoms with E-state index in [1.165, 1.54) is 11.3 Å². The summed E-state index contributed by atoms with van der Waals surface area (Å²) in [5, 5.41) is 4.99. The Morgan fingerprint density at radius 3 is 2.60 bits per heavy atom. The normalized spacial score (nSPS) is 10.5. The number of nitrogens with one attached hydrogen (secondary N) is 1. The number of hydrogen-bond donors (Lipinski definition) is 1. The molecule has 0 aliphatic rings. The van der Waals surface area contributed by atoms with Gasteiger partial charge in [0, 0.05) is 10.9 Å². The fourth-order valence-corrected chi connectivity index (χ4v) is 3.55. The van der Waals surface area contributed by atoms with Crippen molar-refractivity contribution in [2.75, 3.05) is 11.9 Å². The molecular weight excluding hydrogens is 406 g/mol. The second-order valence-corrected chi connectivity index (χ2v) is 6.66. The van der Waals surface area contributed by atoms with Crippen molar-refractivity contribution in [1.29, 1.82) is 0 Å². The molecule has 0 aliphatic carbocycles. The van der Waals surface area contributed by atoms with E-state index in [4.69, 9.17) is 9.15 Å². The van der Waals surface area contributed by atoms with Crippen LogP contribution in [0.3, 0.4) is 0 Å². The Bertz CT molecular complexity index is 901. The van der Waals surface area contributed by atoms with Gasteiger partial charge in [0.25, 0.3) is 5.91 Å². The van der Waals surface area contributed by atoms with Gasteiger partial charge in [-0.1, -0.05) is 30.3 Å². The van der Waals surface area contributed by atoms with Crippen LogP contribution < -0.4 is 5.32 Å². The molecule has 0 spiro atoms. The van der Waals surface area contributed by atoms with Crippen molar-refractivity contribution in [2.45, 2.75) is 6.92 Å². The zero-order valence-electron chi connectivity index (χ0n) is 13.2. The van der Waals surface area contributed by atoms with Crippen molar-refractivity contribution in [3.05, 3.63) is 63.8 Å². The highest BCUT2D eigenvalue weighted by Crippen LogP contribution is 2.36. The van der Waals surface area contributed by atoms with Gasteiger partial charge in [0.1, 0.15) is 10.6 Å². The molecule has 1 N–H and O–H groups in total. The minimum absolute atomic E-state index is 0.149. The fourth-order valence-electron chi connectivity index (χ4n) is 2.29. The number of hydrogen-bond acceptors (Lipinski definition) is 5. The molecule has 0 saturated heterocycles. The number of benzene rings is 1. The van der Waals surface area contributed by atoms with Crippen LogP contribution in [-0.4, -0.2) is 18.5 Å². The predicted octanol–water partition coefficient (Wildman–Crippen LogP) is 5.20. The number of furan rings is 1. The van der Waals surface area contributed by atoms with Crippen molar-refractivity contribution in [3.8, 4) is 11.1 Å². The lowest BCUT2D eigenvalue weighted by molar-refractivity contribution is 0.0529. The number of thiophene rings is 1. The average molecular weight is 420 g/mol. The lowest BCUT2D eigenvalue weighted by Gasteiger charge is -2.08. The van der Waals surface area contributed by atoms with Gasteiger partial charge in [-0.05, 0) is 40.5 Å². The second-order valence-electron chi connectivity index (χ2n) is 5.00. The van der Waals surface area contributed by atoms with Crippen molar-refractivity contribution >= 4 is 44.1 Å². The van der Waals surface area contributed by atoms with Gasteiger partial charge in [0.2, 0.25) is 0 Å². The highest BCUT2D eigenvalue weighted by Gasteiger charge is 2.23. The number of rotatable bonds is 5. The Morgan fingerprint density at radius 1 is 1.20 bits per heavy atom. The Labute approximate surface area is 156 Å². The monoisotopic (exact) mass is 419 g/mol. The smallest absolute Gasteiger partial charge is 0.341 e. The molecule has 25 heavy (non-hydrogen) atoms. The van der Waals surface area contributed by atoms with E-state index in [1.54, 1.807) is 19.1 Å². The highest BCUT2D eigenvalue weighted by molar-refractivity contribution is 9.10. The van der Waals surface area contributed by atoms with Crippen molar-refractivity contribution in [2.24, 2.45) is 0 Å². The third-order valence-corrected chi connectivity index (χ3v) is 4.70. The van der Waals surface area contributed by atoms with Gasteiger partial charge in [0.15, 0.2) is 10.4 Å². The molecule has 2 aromatic heterocycles. The second kappa shape index (κ2) is 7.67. The third kappa shape index (κ3) is 3.83. The molecule has 2 heterocycles. The summed E-state index contributed by atoms with van der Waals surface area (Å²) >= 11 is 4.43. The SMILES string of the molecule is CCOC(=O)c1c(-c2ccccc2)csc1NC(=O)c1ccc(Br)o1. The summed E-state index contributed by atoms with van der Waals surface area (Å²) < 4.78 is 10.9. The van der Waals surface area contributed by atoms with E-state index >= 15 is 0 Å². The van der Waals surface area contributed by atoms with Gasteiger partial charge in [-0.2, -0.15) is 0 Å². The van der Waals surface area contributed by atoms with E-state index < -0.39 is 11.9 Å². The fraction of sp³-hybridized carbons (Fsp3) is 0.111. The van der Waals surface area contributed by atoms with Crippen molar-refractivity contribution in [3.63, 3.8) is 0 Å². The van der Waals surface area contributed by atoms with Gasteiger partial charge in [-0.3, -0.25) is 4.79 Å². The van der Waals surface area contributed by atoms with Gasteiger partial charge in [0.05, 0.1) is 6.61 Å². The number of esters is 1. The van der Waals surface area contributed by atoms with Crippen molar-refractivity contribution < 1.29 is 18.7 Å². The number of carbonyl (C=O) groups excluding carboxylic acids is 2. The summed E-state index contributed by atoms with van der Waals surface area (Å²) in [6.45, 7) is 1.99. The third-order valence-electron chi connectivity index (χ3n) is 3.38. The summed E-state index contributed by atoms with van der Waals surface area (Å²) in [6, 6.07) is 12.7. The first-order chi connectivity index (χ1) is 12.1. The van der Waals surface area contributed by atoms with Crippen LogP contribution in [0.4, 0.5) is 5.00 Å². The topological polar surface area (TPSA) is 68.5 Å². The zero-order valence-corrected chi connectivity index (χ0v) is 15.6. The van der Waals surface area contributed by atoms with Crippen molar-refractivity contribution in [1.82, 2.24) is 0 Å². The number of halogens is 1. The Morgan fingerprint density at radius 2 is 1.96 bits per heavy atom. The summed E-state index contributed by atoms with van der Waals surface area (Å²) in [5.41, 5.74) is 1.94. The molecule has 0 atom stereocenters. The van der Waals surface area contributed by atoms with Gasteiger partial charge in [-0.25, -0.2) is 4.79 Å². The molecule has 3 rings (SSSR count). The summed E-state index contributed by atoms with van der Waals surface area (Å²) in [4.78, 5) is 24.8. The van der Waals surface area contributed by atoms with Crippen LogP contribution in [0.25, 0.3) is 11.1 Å². The van der Waals surface area contributed by atoms with Gasteiger partial charge < -0.3 is 14.5 Å². The lowest BCUT2D eigenvalue weighted by atomic mass is 10.0. The van der Waals surface area contributed by atoms with Gasteiger partial charge >= 0.3 is 5.97 Å². The molecule has 7 heteroatoms. The minimum Gasteiger partial charge on any atom is -0.462 e. The first-order valence-corrected chi connectivity index (χ1v) is 9.18. The van der Waals surface area contributed by atoms with E-state index in [0.717, 1.165) is 11.1 Å². The zero-order chi connectivity index (χ0) is 17.8. The highest BCUT2D eigenvalue weighted by atomic mass is 79.9. The van der Waals surface area contributed by atoms with Crippen LogP contribution in [0.5, 0.6) is 0 Å². The Kier molecular flexibility index (Phi) is 5.35. The van der Waals surface area contributed by atoms with Crippen LogP contribution >= 0.6 is 27.3 Å². The minimum atomic E-state index is -0.474. The summed E-state index contributed by atoms with van der Waals surface area (Å²) in [7, 11) is 0. The molecule has 3 aromatic rings. The number of amides is 1. The van der Waals surface area contributed by atoms with Crippen LogP contribution in [-0.2, 0) is 4.74 Å². The lowest BCUT2D eigenvalue weighted by Crippen LogP contribution is -2.14. The average Bonchev–Trinajstić information content (AvgIpc) is 3.22. The number of carbonyl (C=O) groups is 2. The molecule has 5 nitrogen and oxygen atoms in total. The molecule has 0 radical (unpaired) electrons. The summed E-state index contributed by atoms with van der Waals surface area (Å²) in [5.74, 6) is -0.757. The molecule has 1 amide bonds. The molecule has 0 aliphatic heterocycles. The Balaban J connectivity index is 1.97. The Hall–Kier alpha value is -2.38. The predicted molar refractivity (Wildman–Crippen MR) is 100 cm³/mol. The van der Waals surface area contributed by atoms with Crippen LogP contribution in [0.1, 0.15) is 27.8 Å². The quantitative estimate of drug-likeness (QED) is 0.576. The number of anilines is 1. The van der Waals surface area contributed by atoms with Crippen LogP contribution in [0.15, 0.2) is 56.9 Å². The van der Waals surface area contributed by atoms with E-state index in [0.29, 0.717) is 15.2 Å². The van der Waals surface area contributed by atoms with E-state index in [-0.39, 0.29) is 12.4 Å². The first-order valence-electron chi connectivity index (χ1n) is 7.51. The molecule has 0 fully saturated rings. The first kappa shape index (κ1) is 17.4. The molecule has 1 aromatic carbocycles. The molecule has 128 valence electrons. The van der Waals surface area contributed by atoms with Gasteiger partial charge in [-0.15, -0.1) is 11.3 Å². The van der Waals surface area contributed by atoms with E-state index in [2.05, 4.69) is 21.2 Å².